The molecule has 1 atom stereocenters. The summed E-state index contributed by atoms with van der Waals surface area (Å²) in [6, 6.07) is 9.74. The number of hydrogen-bond acceptors (Lipinski definition) is 1. The number of unbranched alkanes of at least 4 members (excludes halogenated alkanes) is 1. The quantitative estimate of drug-likeness (QED) is 0.716. The first-order valence-electron chi connectivity index (χ1n) is 7.11. The van der Waals surface area contributed by atoms with Gasteiger partial charge in [-0.25, -0.2) is 0 Å². The smallest absolute Gasteiger partial charge is 0.0107 e. The van der Waals surface area contributed by atoms with Crippen molar-refractivity contribution >= 4 is 0 Å². The molecule has 0 aliphatic heterocycles. The van der Waals surface area contributed by atoms with Gasteiger partial charge in [-0.3, -0.25) is 0 Å². The van der Waals surface area contributed by atoms with Gasteiger partial charge in [0.05, 0.1) is 0 Å². The molecule has 0 radical (unpaired) electrons. The van der Waals surface area contributed by atoms with Crippen LogP contribution >= 0.6 is 0 Å². The zero-order valence-corrected chi connectivity index (χ0v) is 11.6. The molecule has 17 heavy (non-hydrogen) atoms. The van der Waals surface area contributed by atoms with Crippen molar-refractivity contribution in [1.29, 1.82) is 0 Å². The summed E-state index contributed by atoms with van der Waals surface area (Å²) in [6.45, 7) is 7.73. The van der Waals surface area contributed by atoms with Crippen LogP contribution in [0.3, 0.4) is 0 Å². The molecule has 0 amide bonds. The van der Waals surface area contributed by atoms with Crippen LogP contribution in [0, 0.1) is 0 Å². The number of nitrogens with one attached hydrogen (secondary N) is 1. The third-order valence-corrected chi connectivity index (χ3v) is 3.31. The lowest BCUT2D eigenvalue weighted by molar-refractivity contribution is 0.473. The topological polar surface area (TPSA) is 12.0 Å². The first-order valence-corrected chi connectivity index (χ1v) is 7.11. The lowest BCUT2D eigenvalue weighted by Gasteiger charge is -2.17. The van der Waals surface area contributed by atoms with Crippen LogP contribution in [0.25, 0.3) is 0 Å². The Hall–Kier alpha value is -0.820. The predicted molar refractivity (Wildman–Crippen MR) is 76.5 cm³/mol. The molecule has 1 unspecified atom stereocenters. The molecular weight excluding hydrogens is 206 g/mol. The van der Waals surface area contributed by atoms with Crippen molar-refractivity contribution in [2.75, 3.05) is 6.54 Å². The van der Waals surface area contributed by atoms with Gasteiger partial charge in [0, 0.05) is 6.04 Å². The largest absolute Gasteiger partial charge is 0.314 e. The summed E-state index contributed by atoms with van der Waals surface area (Å²) in [4.78, 5) is 0. The molecule has 0 aliphatic carbocycles. The molecule has 0 fully saturated rings. The SMILES string of the molecule is CCCCC(Cc1ccc(CC)cc1)NCC. The molecule has 0 heterocycles. The number of hydrogen-bond donors (Lipinski definition) is 1. The molecule has 1 nitrogen and oxygen atoms in total. The van der Waals surface area contributed by atoms with Crippen molar-refractivity contribution in [3.05, 3.63) is 35.4 Å². The Morgan fingerprint density at radius 3 is 2.18 bits per heavy atom. The van der Waals surface area contributed by atoms with Crippen LogP contribution in [0.15, 0.2) is 24.3 Å². The second-order valence-corrected chi connectivity index (χ2v) is 4.77. The van der Waals surface area contributed by atoms with Gasteiger partial charge in [-0.15, -0.1) is 0 Å². The summed E-state index contributed by atoms with van der Waals surface area (Å²) in [5, 5.41) is 3.59. The van der Waals surface area contributed by atoms with Gasteiger partial charge in [0.2, 0.25) is 0 Å². The summed E-state index contributed by atoms with van der Waals surface area (Å²) in [6.07, 6.45) is 6.20. The molecule has 1 N–H and O–H groups in total. The highest BCUT2D eigenvalue weighted by Crippen LogP contribution is 2.11. The Labute approximate surface area is 107 Å². The van der Waals surface area contributed by atoms with E-state index in [1.165, 1.54) is 30.4 Å². The van der Waals surface area contributed by atoms with E-state index in [-0.39, 0.29) is 0 Å². The van der Waals surface area contributed by atoms with Gasteiger partial charge in [0.1, 0.15) is 0 Å². The maximum atomic E-state index is 3.59. The summed E-state index contributed by atoms with van der Waals surface area (Å²) in [7, 11) is 0. The van der Waals surface area contributed by atoms with Crippen LogP contribution in [0.4, 0.5) is 0 Å². The Morgan fingerprint density at radius 1 is 1.00 bits per heavy atom. The van der Waals surface area contributed by atoms with Crippen molar-refractivity contribution in [2.24, 2.45) is 0 Å². The van der Waals surface area contributed by atoms with E-state index < -0.39 is 0 Å². The molecule has 0 saturated heterocycles. The molecule has 1 aromatic carbocycles. The van der Waals surface area contributed by atoms with E-state index >= 15 is 0 Å². The van der Waals surface area contributed by atoms with E-state index in [1.54, 1.807) is 0 Å². The van der Waals surface area contributed by atoms with Gasteiger partial charge < -0.3 is 5.32 Å². The number of likely N-dealkylation sites (N-methyl/N-ethyl adjacent to an activating group) is 1. The van der Waals surface area contributed by atoms with Crippen LogP contribution in [0.5, 0.6) is 0 Å². The molecule has 96 valence electrons. The van der Waals surface area contributed by atoms with Crippen molar-refractivity contribution in [3.63, 3.8) is 0 Å². The molecule has 0 aliphatic rings. The molecule has 0 saturated carbocycles. The summed E-state index contributed by atoms with van der Waals surface area (Å²) in [5.74, 6) is 0. The number of rotatable bonds is 8. The van der Waals surface area contributed by atoms with Crippen LogP contribution in [-0.4, -0.2) is 12.6 Å². The van der Waals surface area contributed by atoms with Gasteiger partial charge in [-0.05, 0) is 36.9 Å². The highest BCUT2D eigenvalue weighted by atomic mass is 14.9. The average molecular weight is 233 g/mol. The van der Waals surface area contributed by atoms with Gasteiger partial charge in [0.15, 0.2) is 0 Å². The summed E-state index contributed by atoms with van der Waals surface area (Å²) in [5.41, 5.74) is 2.89. The van der Waals surface area contributed by atoms with Gasteiger partial charge in [-0.1, -0.05) is 57.9 Å². The third-order valence-electron chi connectivity index (χ3n) is 3.31. The van der Waals surface area contributed by atoms with Crippen molar-refractivity contribution in [2.45, 2.75) is 58.9 Å². The summed E-state index contributed by atoms with van der Waals surface area (Å²) >= 11 is 0. The molecule has 0 aromatic heterocycles. The van der Waals surface area contributed by atoms with Crippen molar-refractivity contribution < 1.29 is 0 Å². The Kier molecular flexibility index (Phi) is 6.95. The Bertz CT molecular complexity index is 289. The van der Waals surface area contributed by atoms with Crippen LogP contribution < -0.4 is 5.32 Å². The standard InChI is InChI=1S/C16H27N/c1-4-7-8-16(17-6-3)13-15-11-9-14(5-2)10-12-15/h9-12,16-17H,4-8,13H2,1-3H3. The highest BCUT2D eigenvalue weighted by molar-refractivity contribution is 5.23. The fraction of sp³-hybridized carbons (Fsp3) is 0.625. The molecule has 0 bridgehead atoms. The van der Waals surface area contributed by atoms with E-state index in [0.717, 1.165) is 19.4 Å². The average Bonchev–Trinajstić information content (AvgIpc) is 2.37. The van der Waals surface area contributed by atoms with E-state index in [0.29, 0.717) is 6.04 Å². The summed E-state index contributed by atoms with van der Waals surface area (Å²) < 4.78 is 0. The zero-order valence-electron chi connectivity index (χ0n) is 11.6. The minimum absolute atomic E-state index is 0.646. The molecular formula is C16H27N. The maximum Gasteiger partial charge on any atom is 0.0107 e. The second kappa shape index (κ2) is 8.30. The van der Waals surface area contributed by atoms with Gasteiger partial charge in [-0.2, -0.15) is 0 Å². The predicted octanol–water partition coefficient (Wildman–Crippen LogP) is 3.96. The Morgan fingerprint density at radius 2 is 1.65 bits per heavy atom. The lowest BCUT2D eigenvalue weighted by atomic mass is 9.99. The van der Waals surface area contributed by atoms with Crippen LogP contribution in [0.1, 0.15) is 51.2 Å². The van der Waals surface area contributed by atoms with Gasteiger partial charge in [0.25, 0.3) is 0 Å². The van der Waals surface area contributed by atoms with Gasteiger partial charge >= 0.3 is 0 Å². The normalized spacial score (nSPS) is 12.6. The van der Waals surface area contributed by atoms with E-state index in [1.807, 2.05) is 0 Å². The number of benzene rings is 1. The van der Waals surface area contributed by atoms with E-state index in [9.17, 15) is 0 Å². The minimum atomic E-state index is 0.646. The zero-order chi connectivity index (χ0) is 12.5. The fourth-order valence-corrected chi connectivity index (χ4v) is 2.21. The Balaban J connectivity index is 2.51. The molecule has 1 heteroatoms. The maximum absolute atomic E-state index is 3.59. The van der Waals surface area contributed by atoms with E-state index in [2.05, 4.69) is 50.4 Å². The van der Waals surface area contributed by atoms with E-state index in [4.69, 9.17) is 0 Å². The first-order chi connectivity index (χ1) is 8.30. The van der Waals surface area contributed by atoms with Crippen molar-refractivity contribution in [3.8, 4) is 0 Å². The third kappa shape index (κ3) is 5.36. The lowest BCUT2D eigenvalue weighted by Crippen LogP contribution is -2.30. The fourth-order valence-electron chi connectivity index (χ4n) is 2.21. The molecule has 1 aromatic rings. The number of aryl methyl sites for hydroxylation is 1. The van der Waals surface area contributed by atoms with Crippen LogP contribution in [0.2, 0.25) is 0 Å². The monoisotopic (exact) mass is 233 g/mol. The van der Waals surface area contributed by atoms with Crippen LogP contribution in [-0.2, 0) is 12.8 Å². The van der Waals surface area contributed by atoms with Crippen molar-refractivity contribution in [1.82, 2.24) is 5.32 Å². The molecule has 1 rings (SSSR count). The molecule has 0 spiro atoms. The highest BCUT2D eigenvalue weighted by Gasteiger charge is 2.07. The second-order valence-electron chi connectivity index (χ2n) is 4.77. The first kappa shape index (κ1) is 14.2. The minimum Gasteiger partial charge on any atom is -0.314 e.